The second kappa shape index (κ2) is 11.1. The lowest BCUT2D eigenvalue weighted by molar-refractivity contribution is -0.0508. The fraction of sp³-hybridized carbons (Fsp3) is 0.192. The van der Waals surface area contributed by atoms with Gasteiger partial charge < -0.3 is 24.5 Å². The van der Waals surface area contributed by atoms with Crippen molar-refractivity contribution in [2.75, 3.05) is 24.5 Å². The number of carbonyl (C=O) groups is 1. The average Bonchev–Trinajstić information content (AvgIpc) is 3.25. The van der Waals surface area contributed by atoms with Crippen LogP contribution in [0.4, 0.5) is 18.9 Å². The van der Waals surface area contributed by atoms with Gasteiger partial charge in [0.05, 0.1) is 10.9 Å². The number of alkyl halides is 2. The minimum Gasteiger partial charge on any atom is -0.488 e. The highest BCUT2D eigenvalue weighted by atomic mass is 32.2. The largest absolute Gasteiger partial charge is 0.488 e. The van der Waals surface area contributed by atoms with E-state index in [9.17, 15) is 26.4 Å². The molecule has 1 aromatic heterocycles. The van der Waals surface area contributed by atoms with Gasteiger partial charge in [0.2, 0.25) is 0 Å². The number of rotatable bonds is 10. The first-order valence-electron chi connectivity index (χ1n) is 11.2. The summed E-state index contributed by atoms with van der Waals surface area (Å²) in [6.45, 7) is -3.27. The van der Waals surface area contributed by atoms with E-state index in [-0.39, 0.29) is 40.4 Å². The molecule has 2 N–H and O–H groups in total. The van der Waals surface area contributed by atoms with Crippen molar-refractivity contribution >= 4 is 32.4 Å². The SMILES string of the molecule is CNC(=O)c1c(-c2ccc(F)cc2)oc2cc(NCS(C)(=O)=O)cc(OCc3ccccc3OC(F)F)c12. The first kappa shape index (κ1) is 26.9. The molecule has 8 nitrogen and oxygen atoms in total. The molecule has 0 radical (unpaired) electrons. The van der Waals surface area contributed by atoms with Crippen LogP contribution in [0.2, 0.25) is 0 Å². The van der Waals surface area contributed by atoms with E-state index in [1.165, 1.54) is 55.6 Å². The quantitative estimate of drug-likeness (QED) is 0.281. The zero-order valence-electron chi connectivity index (χ0n) is 20.3. The molecule has 0 aliphatic heterocycles. The van der Waals surface area contributed by atoms with E-state index in [0.29, 0.717) is 16.8 Å². The molecule has 0 atom stereocenters. The van der Waals surface area contributed by atoms with Crippen molar-refractivity contribution in [3.8, 4) is 22.8 Å². The van der Waals surface area contributed by atoms with Gasteiger partial charge in [-0.2, -0.15) is 8.78 Å². The van der Waals surface area contributed by atoms with Gasteiger partial charge in [0.15, 0.2) is 9.84 Å². The molecule has 0 saturated heterocycles. The van der Waals surface area contributed by atoms with Crippen molar-refractivity contribution in [2.45, 2.75) is 13.2 Å². The summed E-state index contributed by atoms with van der Waals surface area (Å²) in [5.74, 6) is -1.24. The number of hydrogen-bond acceptors (Lipinski definition) is 7. The van der Waals surface area contributed by atoms with Gasteiger partial charge in [-0.3, -0.25) is 4.79 Å². The first-order chi connectivity index (χ1) is 18.1. The summed E-state index contributed by atoms with van der Waals surface area (Å²) in [4.78, 5) is 13.0. The molecule has 0 fully saturated rings. The zero-order chi connectivity index (χ0) is 27.4. The summed E-state index contributed by atoms with van der Waals surface area (Å²) in [5, 5.41) is 5.57. The predicted molar refractivity (Wildman–Crippen MR) is 136 cm³/mol. The Morgan fingerprint density at radius 2 is 1.76 bits per heavy atom. The first-order valence-corrected chi connectivity index (χ1v) is 13.3. The Labute approximate surface area is 216 Å². The number of ether oxygens (including phenoxy) is 2. The van der Waals surface area contributed by atoms with Gasteiger partial charge in [-0.25, -0.2) is 12.8 Å². The lowest BCUT2D eigenvalue weighted by atomic mass is 10.0. The van der Waals surface area contributed by atoms with Crippen molar-refractivity contribution in [1.82, 2.24) is 5.32 Å². The topological polar surface area (TPSA) is 107 Å². The van der Waals surface area contributed by atoms with E-state index >= 15 is 0 Å². The molecule has 0 aliphatic rings. The Hall–Kier alpha value is -4.19. The number of anilines is 1. The normalized spacial score (nSPS) is 11.5. The maximum absolute atomic E-state index is 13.6. The molecule has 200 valence electrons. The fourth-order valence-electron chi connectivity index (χ4n) is 3.76. The summed E-state index contributed by atoms with van der Waals surface area (Å²) < 4.78 is 79.3. The fourth-order valence-corrected chi connectivity index (χ4v) is 4.19. The van der Waals surface area contributed by atoms with Gasteiger partial charge in [-0.05, 0) is 30.3 Å². The van der Waals surface area contributed by atoms with E-state index in [1.807, 2.05) is 0 Å². The molecule has 0 spiro atoms. The van der Waals surface area contributed by atoms with Crippen molar-refractivity contribution < 1.29 is 40.3 Å². The average molecular weight is 549 g/mol. The van der Waals surface area contributed by atoms with Gasteiger partial charge in [0.1, 0.15) is 41.1 Å². The smallest absolute Gasteiger partial charge is 0.387 e. The molecule has 1 amide bonds. The number of fused-ring (bicyclic) bond motifs is 1. The molecule has 1 heterocycles. The van der Waals surface area contributed by atoms with Crippen LogP contribution in [0, 0.1) is 5.82 Å². The van der Waals surface area contributed by atoms with Crippen molar-refractivity contribution in [3.63, 3.8) is 0 Å². The Balaban J connectivity index is 1.86. The van der Waals surface area contributed by atoms with Crippen LogP contribution in [0.3, 0.4) is 0 Å². The zero-order valence-corrected chi connectivity index (χ0v) is 21.1. The molecule has 12 heteroatoms. The number of halogens is 3. The highest BCUT2D eigenvalue weighted by Crippen LogP contribution is 2.41. The van der Waals surface area contributed by atoms with E-state index in [0.717, 1.165) is 6.26 Å². The van der Waals surface area contributed by atoms with Crippen LogP contribution in [-0.4, -0.2) is 40.1 Å². The summed E-state index contributed by atoms with van der Waals surface area (Å²) in [5.41, 5.74) is 1.29. The lowest BCUT2D eigenvalue weighted by Gasteiger charge is -2.14. The summed E-state index contributed by atoms with van der Waals surface area (Å²) in [6, 6.07) is 14.4. The van der Waals surface area contributed by atoms with E-state index in [2.05, 4.69) is 15.4 Å². The number of sulfone groups is 1. The van der Waals surface area contributed by atoms with Gasteiger partial charge >= 0.3 is 6.61 Å². The summed E-state index contributed by atoms with van der Waals surface area (Å²) in [6.07, 6.45) is 1.05. The highest BCUT2D eigenvalue weighted by molar-refractivity contribution is 7.90. The summed E-state index contributed by atoms with van der Waals surface area (Å²) in [7, 11) is -1.97. The Morgan fingerprint density at radius 3 is 2.42 bits per heavy atom. The van der Waals surface area contributed by atoms with E-state index in [1.54, 1.807) is 12.1 Å². The number of hydrogen-bond donors (Lipinski definition) is 2. The van der Waals surface area contributed by atoms with Crippen LogP contribution in [-0.2, 0) is 16.4 Å². The second-order valence-corrected chi connectivity index (χ2v) is 10.4. The minimum atomic E-state index is -3.40. The Kier molecular flexibility index (Phi) is 7.81. The van der Waals surface area contributed by atoms with Gasteiger partial charge in [-0.1, -0.05) is 18.2 Å². The van der Waals surface area contributed by atoms with Crippen LogP contribution in [0.5, 0.6) is 11.5 Å². The maximum atomic E-state index is 13.6. The molecule has 0 bridgehead atoms. The molecule has 4 aromatic rings. The minimum absolute atomic E-state index is 0.0872. The molecular formula is C26H23F3N2O6S. The van der Waals surface area contributed by atoms with Gasteiger partial charge in [-0.15, -0.1) is 0 Å². The molecule has 0 saturated carbocycles. The summed E-state index contributed by atoms with van der Waals surface area (Å²) >= 11 is 0. The molecule has 38 heavy (non-hydrogen) atoms. The molecule has 0 aliphatic carbocycles. The maximum Gasteiger partial charge on any atom is 0.387 e. The number of nitrogens with one attached hydrogen (secondary N) is 2. The van der Waals surface area contributed by atoms with Crippen LogP contribution in [0.1, 0.15) is 15.9 Å². The monoisotopic (exact) mass is 548 g/mol. The third-order valence-electron chi connectivity index (χ3n) is 5.43. The van der Waals surface area contributed by atoms with Crippen molar-refractivity contribution in [1.29, 1.82) is 0 Å². The predicted octanol–water partition coefficient (Wildman–Crippen LogP) is 5.19. The molecular weight excluding hydrogens is 525 g/mol. The van der Waals surface area contributed by atoms with Crippen molar-refractivity contribution in [3.05, 3.63) is 77.6 Å². The molecule has 3 aromatic carbocycles. The third kappa shape index (κ3) is 6.20. The van der Waals surface area contributed by atoms with Gasteiger partial charge in [0.25, 0.3) is 5.91 Å². The van der Waals surface area contributed by atoms with E-state index < -0.39 is 34.0 Å². The highest BCUT2D eigenvalue weighted by Gasteiger charge is 2.26. The standard InChI is InChI=1S/C26H23F3N2O6S/c1-30-25(32)23-22-20(35-13-16-5-3-4-6-19(16)37-26(28)29)11-18(31-14-38(2,33)34)12-21(22)36-24(23)15-7-9-17(27)10-8-15/h3-12,26,31H,13-14H2,1-2H3,(H,30,32). The van der Waals surface area contributed by atoms with Crippen LogP contribution < -0.4 is 20.1 Å². The van der Waals surface area contributed by atoms with Crippen molar-refractivity contribution in [2.24, 2.45) is 0 Å². The van der Waals surface area contributed by atoms with E-state index in [4.69, 9.17) is 9.15 Å². The Bertz CT molecular complexity index is 1570. The van der Waals surface area contributed by atoms with Crippen LogP contribution in [0.25, 0.3) is 22.3 Å². The third-order valence-corrected chi connectivity index (χ3v) is 6.09. The second-order valence-electron chi connectivity index (χ2n) is 8.26. The number of furan rings is 1. The number of para-hydroxylation sites is 1. The number of benzene rings is 3. The number of carbonyl (C=O) groups excluding carboxylic acids is 1. The molecule has 0 unspecified atom stereocenters. The number of amides is 1. The molecule has 4 rings (SSSR count). The van der Waals surface area contributed by atoms with Gasteiger partial charge in [0, 0.05) is 42.3 Å². The van der Waals surface area contributed by atoms with Crippen LogP contribution in [0.15, 0.2) is 65.1 Å². The Morgan fingerprint density at radius 1 is 1.05 bits per heavy atom. The van der Waals surface area contributed by atoms with Crippen LogP contribution >= 0.6 is 0 Å². The lowest BCUT2D eigenvalue weighted by Crippen LogP contribution is -2.18.